The van der Waals surface area contributed by atoms with E-state index >= 15 is 0 Å². The maximum Gasteiger partial charge on any atom is 0.332 e. The molecule has 32 heavy (non-hydrogen) atoms. The molecule has 0 radical (unpaired) electrons. The Kier molecular flexibility index (Phi) is 15.2. The number of aliphatic carboxylic acids is 1. The molecule has 0 aromatic rings. The second-order valence-electron chi connectivity index (χ2n) is 8.65. The molecule has 190 valence electrons. The zero-order valence-corrected chi connectivity index (χ0v) is 18.8. The van der Waals surface area contributed by atoms with Gasteiger partial charge in [-0.3, -0.25) is 0 Å². The van der Waals surface area contributed by atoms with E-state index in [9.17, 15) is 30.3 Å². The summed E-state index contributed by atoms with van der Waals surface area (Å²) in [5.74, 6) is -1.15. The van der Waals surface area contributed by atoms with E-state index in [1.165, 1.54) is 0 Å². The van der Waals surface area contributed by atoms with Crippen LogP contribution in [0.15, 0.2) is 0 Å². The van der Waals surface area contributed by atoms with Gasteiger partial charge in [0.15, 0.2) is 12.4 Å². The fraction of sp³-hybridized carbons (Fsp3) is 0.955. The number of carboxylic acids is 1. The average molecular weight is 467 g/mol. The molecule has 7 N–H and O–H groups in total. The van der Waals surface area contributed by atoms with Crippen molar-refractivity contribution in [2.75, 3.05) is 13.2 Å². The maximum absolute atomic E-state index is 10.5. The summed E-state index contributed by atoms with van der Waals surface area (Å²) in [5.41, 5.74) is 0. The fourth-order valence-electron chi connectivity index (χ4n) is 3.75. The van der Waals surface area contributed by atoms with Crippen molar-refractivity contribution in [2.24, 2.45) is 0 Å². The third-order valence-corrected chi connectivity index (χ3v) is 5.85. The summed E-state index contributed by atoms with van der Waals surface area (Å²) in [4.78, 5) is 10.5. The lowest BCUT2D eigenvalue weighted by atomic mass is 9.99. The SMILES string of the molecule is O=C(O)[C@H](O)CCCCCCCCCCCC[C@@H](O)CO[C@@H]1O[C@H](CO)[C@@H](O)[C@H](O)[C@H]1O. The van der Waals surface area contributed by atoms with E-state index in [1.54, 1.807) is 0 Å². The third-order valence-electron chi connectivity index (χ3n) is 5.85. The molecule has 0 amide bonds. The van der Waals surface area contributed by atoms with Crippen LogP contribution in [0, 0.1) is 0 Å². The maximum atomic E-state index is 10.5. The van der Waals surface area contributed by atoms with Gasteiger partial charge in [0.2, 0.25) is 0 Å². The van der Waals surface area contributed by atoms with E-state index in [4.69, 9.17) is 19.7 Å². The van der Waals surface area contributed by atoms with E-state index < -0.39 is 55.5 Å². The zero-order valence-electron chi connectivity index (χ0n) is 18.8. The number of unbranched alkanes of at least 4 members (excludes halogenated alkanes) is 9. The van der Waals surface area contributed by atoms with E-state index in [-0.39, 0.29) is 6.61 Å². The molecule has 1 rings (SSSR count). The predicted molar refractivity (Wildman–Crippen MR) is 115 cm³/mol. The molecule has 0 unspecified atom stereocenters. The highest BCUT2D eigenvalue weighted by Gasteiger charge is 2.44. The Balaban J connectivity index is 1.96. The molecule has 1 aliphatic heterocycles. The number of hydrogen-bond acceptors (Lipinski definition) is 9. The molecule has 1 aliphatic rings. The second kappa shape index (κ2) is 16.7. The predicted octanol–water partition coefficient (Wildman–Crippen LogP) is 0.290. The van der Waals surface area contributed by atoms with Gasteiger partial charge in [0, 0.05) is 0 Å². The fourth-order valence-corrected chi connectivity index (χ4v) is 3.75. The van der Waals surface area contributed by atoms with Gasteiger partial charge < -0.3 is 45.2 Å². The number of aliphatic hydroxyl groups excluding tert-OH is 6. The number of aliphatic hydroxyl groups is 6. The summed E-state index contributed by atoms with van der Waals surface area (Å²) >= 11 is 0. The van der Waals surface area contributed by atoms with Crippen LogP contribution >= 0.6 is 0 Å². The Labute approximate surface area is 189 Å². The van der Waals surface area contributed by atoms with Crippen LogP contribution < -0.4 is 0 Å². The quantitative estimate of drug-likeness (QED) is 0.139. The molecule has 0 saturated carbocycles. The number of ether oxygens (including phenoxy) is 2. The Hall–Kier alpha value is -0.850. The Morgan fingerprint density at radius 3 is 1.78 bits per heavy atom. The molecule has 0 aliphatic carbocycles. The van der Waals surface area contributed by atoms with Crippen LogP contribution in [0.3, 0.4) is 0 Å². The molecule has 1 saturated heterocycles. The van der Waals surface area contributed by atoms with Crippen molar-refractivity contribution in [1.29, 1.82) is 0 Å². The van der Waals surface area contributed by atoms with Crippen molar-refractivity contribution in [3.05, 3.63) is 0 Å². The minimum Gasteiger partial charge on any atom is -0.479 e. The highest BCUT2D eigenvalue weighted by Crippen LogP contribution is 2.22. The lowest BCUT2D eigenvalue weighted by molar-refractivity contribution is -0.304. The van der Waals surface area contributed by atoms with Crippen molar-refractivity contribution in [3.8, 4) is 0 Å². The molecule has 0 aromatic heterocycles. The van der Waals surface area contributed by atoms with Crippen molar-refractivity contribution in [2.45, 2.75) is 120 Å². The molecule has 1 heterocycles. The molecule has 10 heteroatoms. The summed E-state index contributed by atoms with van der Waals surface area (Å²) in [7, 11) is 0. The number of rotatable bonds is 18. The Bertz CT molecular complexity index is 489. The first-order valence-electron chi connectivity index (χ1n) is 11.8. The van der Waals surface area contributed by atoms with Gasteiger partial charge in [-0.25, -0.2) is 4.79 Å². The van der Waals surface area contributed by atoms with Crippen LogP contribution in [-0.4, -0.2) is 97.8 Å². The first-order chi connectivity index (χ1) is 15.3. The average Bonchev–Trinajstić information content (AvgIpc) is 2.77. The summed E-state index contributed by atoms with van der Waals surface area (Å²) in [6.07, 6.45) is 2.37. The Morgan fingerprint density at radius 1 is 0.781 bits per heavy atom. The lowest BCUT2D eigenvalue weighted by Gasteiger charge is -2.39. The molecular weight excluding hydrogens is 424 g/mol. The highest BCUT2D eigenvalue weighted by molar-refractivity contribution is 5.71. The normalized spacial score (nSPS) is 27.9. The van der Waals surface area contributed by atoms with Gasteiger partial charge in [-0.2, -0.15) is 0 Å². The lowest BCUT2D eigenvalue weighted by Crippen LogP contribution is -2.59. The molecule has 1 fully saturated rings. The van der Waals surface area contributed by atoms with Crippen molar-refractivity contribution >= 4 is 5.97 Å². The smallest absolute Gasteiger partial charge is 0.332 e. The number of hydrogen-bond donors (Lipinski definition) is 7. The van der Waals surface area contributed by atoms with Gasteiger partial charge in [-0.1, -0.05) is 64.2 Å². The van der Waals surface area contributed by atoms with Gasteiger partial charge in [0.05, 0.1) is 19.3 Å². The van der Waals surface area contributed by atoms with Gasteiger partial charge in [-0.15, -0.1) is 0 Å². The monoisotopic (exact) mass is 466 g/mol. The standard InChI is InChI=1S/C22H42O10/c23-13-17-18(26)19(27)20(28)22(32-17)31-14-15(24)11-9-7-5-3-1-2-4-6-8-10-12-16(25)21(29)30/h15-20,22-28H,1-14H2,(H,29,30)/t15-,16-,17-,18-,19+,20-,22-/m1/s1. The first-order valence-corrected chi connectivity index (χ1v) is 11.8. The van der Waals surface area contributed by atoms with Crippen LogP contribution in [0.5, 0.6) is 0 Å². The van der Waals surface area contributed by atoms with Crippen LogP contribution in [0.25, 0.3) is 0 Å². The van der Waals surface area contributed by atoms with E-state index in [2.05, 4.69) is 0 Å². The van der Waals surface area contributed by atoms with Crippen molar-refractivity contribution in [1.82, 2.24) is 0 Å². The van der Waals surface area contributed by atoms with Gasteiger partial charge >= 0.3 is 5.97 Å². The number of carboxylic acid groups (broad SMARTS) is 1. The van der Waals surface area contributed by atoms with Gasteiger partial charge in [0.1, 0.15) is 24.4 Å². The summed E-state index contributed by atoms with van der Waals surface area (Å²) < 4.78 is 10.6. The van der Waals surface area contributed by atoms with Crippen LogP contribution in [0.4, 0.5) is 0 Å². The first kappa shape index (κ1) is 29.2. The molecule has 0 spiro atoms. The summed E-state index contributed by atoms with van der Waals surface area (Å²) in [5, 5.41) is 66.3. The topological polar surface area (TPSA) is 177 Å². The van der Waals surface area contributed by atoms with Crippen LogP contribution in [0.2, 0.25) is 0 Å². The number of carbonyl (C=O) groups is 1. The van der Waals surface area contributed by atoms with E-state index in [0.29, 0.717) is 12.8 Å². The molecule has 0 bridgehead atoms. The largest absolute Gasteiger partial charge is 0.479 e. The molecule has 7 atom stereocenters. The summed E-state index contributed by atoms with van der Waals surface area (Å²) in [6.45, 7) is -0.601. The minimum absolute atomic E-state index is 0.0772. The van der Waals surface area contributed by atoms with Crippen molar-refractivity contribution in [3.63, 3.8) is 0 Å². The van der Waals surface area contributed by atoms with E-state index in [0.717, 1.165) is 64.2 Å². The third kappa shape index (κ3) is 11.3. The highest BCUT2D eigenvalue weighted by atomic mass is 16.7. The van der Waals surface area contributed by atoms with Crippen LogP contribution in [-0.2, 0) is 14.3 Å². The van der Waals surface area contributed by atoms with Crippen LogP contribution in [0.1, 0.15) is 77.0 Å². The Morgan fingerprint density at radius 2 is 1.28 bits per heavy atom. The van der Waals surface area contributed by atoms with Crippen molar-refractivity contribution < 1.29 is 50.0 Å². The molecule has 0 aromatic carbocycles. The van der Waals surface area contributed by atoms with E-state index in [1.807, 2.05) is 0 Å². The van der Waals surface area contributed by atoms with Gasteiger partial charge in [0.25, 0.3) is 0 Å². The second-order valence-corrected chi connectivity index (χ2v) is 8.65. The summed E-state index contributed by atoms with van der Waals surface area (Å²) in [6, 6.07) is 0. The molecule has 10 nitrogen and oxygen atoms in total. The minimum atomic E-state index is -1.49. The zero-order chi connectivity index (χ0) is 23.9. The van der Waals surface area contributed by atoms with Gasteiger partial charge in [-0.05, 0) is 12.8 Å². The molecular formula is C22H42O10.